The number of nitrogens with one attached hydrogen (secondary N) is 2. The fourth-order valence-corrected chi connectivity index (χ4v) is 8.98. The number of tetrazole rings is 1. The van der Waals surface area contributed by atoms with Gasteiger partial charge in [0.15, 0.2) is 22.3 Å². The molecule has 3 amide bonds. The number of aromatic hydroxyl groups is 2. The average Bonchev–Trinajstić information content (AvgIpc) is 3.91. The number of phenolic OH excluding ortho intramolecular Hbond substituents is 2. The highest BCUT2D eigenvalue weighted by Gasteiger charge is 2.54. The maximum absolute atomic E-state index is 13.9. The number of benzene rings is 1. The predicted molar refractivity (Wildman–Crippen MR) is 194 cm³/mol. The van der Waals surface area contributed by atoms with Crippen LogP contribution in [0.5, 0.6) is 11.5 Å². The fourth-order valence-electron chi connectivity index (χ4n) is 6.47. The SMILES string of the molecule is Nc1nc(/C(=N/O[C@@H](CC(=O)O)C(=O)O)C(=O)N[C@@H]2C(=O)N3C(c4nnn[n-]4)=C(C[N+]4(CCNC(=O)c5ccc(O)c(O)c5Cl)CCCC4)CS[C@H]23)c(Cl)s1. The van der Waals surface area contributed by atoms with Crippen LogP contribution in [-0.4, -0.2) is 142 Å². The van der Waals surface area contributed by atoms with Gasteiger partial charge in [0.25, 0.3) is 17.7 Å². The van der Waals surface area contributed by atoms with Gasteiger partial charge >= 0.3 is 11.9 Å². The molecule has 6 rings (SSSR count). The Morgan fingerprint density at radius 3 is 2.56 bits per heavy atom. The first-order valence-corrected chi connectivity index (χ1v) is 18.9. The molecule has 3 atom stereocenters. The number of quaternary nitrogens is 1. The Morgan fingerprint density at radius 2 is 1.93 bits per heavy atom. The Balaban J connectivity index is 1.20. The Morgan fingerprint density at radius 1 is 1.18 bits per heavy atom. The standard InChI is InChI=1S/C30H31Cl2N11O10S2/c31-17-13(3-4-14(44)22(17)47)25(48)34-5-8-43(6-1-2-7-43)10-12-11-54-28-20(27(50)42(28)21(12)24-37-40-41-38-24)35-26(49)19(18-23(32)55-30(33)36-18)39-53-15(29(51)52)9-16(45)46/h3-4,15,20,28H,1-2,5-11H2,(H8-,33,34,35,36,37,38,39,40,41,44,45,46,47,48,49,51,52)/t15-,20+,28+/m0/s1. The second-order valence-corrected chi connectivity index (χ2v) is 15.7. The number of nitrogens with zero attached hydrogens (tertiary/aromatic N) is 8. The van der Waals surface area contributed by atoms with Crippen LogP contribution in [0.3, 0.4) is 0 Å². The highest BCUT2D eigenvalue weighted by atomic mass is 35.5. The number of nitrogen functional groups attached to an aromatic ring is 1. The van der Waals surface area contributed by atoms with Gasteiger partial charge in [-0.2, -0.15) is 5.21 Å². The van der Waals surface area contributed by atoms with Crippen LogP contribution in [0.25, 0.3) is 5.70 Å². The Hall–Kier alpha value is -5.23. The molecule has 2 saturated heterocycles. The third-order valence-corrected chi connectivity index (χ3v) is 11.9. The van der Waals surface area contributed by atoms with Gasteiger partial charge in [0.1, 0.15) is 28.0 Å². The number of amides is 3. The summed E-state index contributed by atoms with van der Waals surface area (Å²) in [5.41, 5.74) is 6.04. The minimum atomic E-state index is -1.97. The van der Waals surface area contributed by atoms with Gasteiger partial charge in [0, 0.05) is 24.2 Å². The number of aliphatic carboxylic acids is 2. The summed E-state index contributed by atoms with van der Waals surface area (Å²) in [6, 6.07) is 1.35. The number of thiazole rings is 1. The lowest BCUT2D eigenvalue weighted by Gasteiger charge is -2.51. The normalized spacial score (nSPS) is 19.7. The number of thioether (sulfide) groups is 1. The van der Waals surface area contributed by atoms with Gasteiger partial charge in [-0.25, -0.2) is 9.78 Å². The number of fused-ring (bicyclic) bond motifs is 1. The molecule has 0 radical (unpaired) electrons. The topological polar surface area (TPSA) is 307 Å². The summed E-state index contributed by atoms with van der Waals surface area (Å²) >= 11 is 14.5. The van der Waals surface area contributed by atoms with Crippen LogP contribution >= 0.6 is 46.3 Å². The zero-order chi connectivity index (χ0) is 39.6. The molecule has 55 heavy (non-hydrogen) atoms. The number of hydrogen-bond acceptors (Lipinski definition) is 16. The molecule has 0 saturated carbocycles. The van der Waals surface area contributed by atoms with Crippen LogP contribution < -0.4 is 21.5 Å². The fraction of sp³-hybridized carbons (Fsp3) is 0.400. The molecule has 292 valence electrons. The Bertz CT molecular complexity index is 2090. The van der Waals surface area contributed by atoms with Gasteiger partial charge in [0.2, 0.25) is 6.10 Å². The lowest BCUT2D eigenvalue weighted by Crippen LogP contribution is -2.70. The first-order chi connectivity index (χ1) is 26.2. The molecule has 3 aliphatic heterocycles. The summed E-state index contributed by atoms with van der Waals surface area (Å²) in [4.78, 5) is 73.5. The number of nitrogens with two attached hydrogens (primary N) is 1. The van der Waals surface area contributed by atoms with E-state index in [4.69, 9.17) is 38.9 Å². The van der Waals surface area contributed by atoms with E-state index in [9.17, 15) is 39.3 Å². The van der Waals surface area contributed by atoms with E-state index in [-0.39, 0.29) is 38.1 Å². The van der Waals surface area contributed by atoms with Crippen LogP contribution in [0.2, 0.25) is 9.36 Å². The lowest BCUT2D eigenvalue weighted by molar-refractivity contribution is -0.911. The van der Waals surface area contributed by atoms with Crippen molar-refractivity contribution in [2.24, 2.45) is 5.16 Å². The molecule has 0 spiro atoms. The van der Waals surface area contributed by atoms with Crippen molar-refractivity contribution in [3.05, 3.63) is 44.1 Å². The van der Waals surface area contributed by atoms with Crippen molar-refractivity contribution in [1.82, 2.24) is 41.1 Å². The number of carbonyl (C=O) groups is 5. The first kappa shape index (κ1) is 39.5. The van der Waals surface area contributed by atoms with Crippen LogP contribution in [0, 0.1) is 0 Å². The number of anilines is 1. The van der Waals surface area contributed by atoms with Crippen molar-refractivity contribution >= 4 is 92.5 Å². The maximum atomic E-state index is 13.9. The second-order valence-electron chi connectivity index (χ2n) is 12.6. The highest BCUT2D eigenvalue weighted by molar-refractivity contribution is 8.00. The number of β-lactam (4-membered cyclic amide) rings is 1. The van der Waals surface area contributed by atoms with Gasteiger partial charge in [0.05, 0.1) is 54.7 Å². The molecule has 21 nitrogen and oxygen atoms in total. The smallest absolute Gasteiger partial charge is 0.348 e. The summed E-state index contributed by atoms with van der Waals surface area (Å²) in [5.74, 6) is -5.82. The number of phenols is 2. The minimum Gasteiger partial charge on any atom is -0.504 e. The van der Waals surface area contributed by atoms with E-state index in [2.05, 4.69) is 41.4 Å². The van der Waals surface area contributed by atoms with E-state index in [1.807, 2.05) is 0 Å². The Labute approximate surface area is 328 Å². The monoisotopic (exact) mass is 839 g/mol. The third-order valence-electron chi connectivity index (χ3n) is 9.07. The number of hydrogen-bond donors (Lipinski definition) is 7. The second kappa shape index (κ2) is 16.2. The zero-order valence-corrected chi connectivity index (χ0v) is 31.4. The number of carboxylic acids is 2. The number of carbonyl (C=O) groups excluding carboxylic acids is 3. The van der Waals surface area contributed by atoms with Gasteiger partial charge in [-0.05, 0) is 12.1 Å². The lowest BCUT2D eigenvalue weighted by atomic mass is 10.0. The van der Waals surface area contributed by atoms with Crippen molar-refractivity contribution in [3.63, 3.8) is 0 Å². The van der Waals surface area contributed by atoms with E-state index < -0.39 is 70.8 Å². The van der Waals surface area contributed by atoms with Crippen molar-refractivity contribution < 1.29 is 53.7 Å². The average molecular weight is 841 g/mol. The van der Waals surface area contributed by atoms with Crippen LogP contribution in [0.4, 0.5) is 5.13 Å². The molecule has 5 heterocycles. The van der Waals surface area contributed by atoms with Gasteiger partial charge < -0.3 is 51.2 Å². The van der Waals surface area contributed by atoms with Crippen LogP contribution in [0.15, 0.2) is 22.9 Å². The van der Waals surface area contributed by atoms with E-state index >= 15 is 0 Å². The number of oxime groups is 1. The number of carboxylic acid groups (broad SMARTS) is 2. The summed E-state index contributed by atoms with van der Waals surface area (Å²) in [5, 5.41) is 61.4. The molecule has 2 fully saturated rings. The number of aromatic nitrogens is 5. The summed E-state index contributed by atoms with van der Waals surface area (Å²) in [7, 11) is 0. The molecule has 0 aliphatic carbocycles. The highest BCUT2D eigenvalue weighted by Crippen LogP contribution is 2.44. The van der Waals surface area contributed by atoms with Gasteiger partial charge in [-0.1, -0.05) is 39.7 Å². The van der Waals surface area contributed by atoms with Crippen molar-refractivity contribution in [1.29, 1.82) is 0 Å². The van der Waals surface area contributed by atoms with Crippen LogP contribution in [0.1, 0.15) is 41.1 Å². The molecule has 2 aromatic heterocycles. The van der Waals surface area contributed by atoms with Crippen molar-refractivity contribution in [2.45, 2.75) is 36.8 Å². The third kappa shape index (κ3) is 8.24. The molecule has 1 aromatic carbocycles. The van der Waals surface area contributed by atoms with E-state index in [1.165, 1.54) is 28.8 Å². The molecule has 25 heteroatoms. The first-order valence-electron chi connectivity index (χ1n) is 16.3. The predicted octanol–water partition coefficient (Wildman–Crippen LogP) is 0.0859. The molecule has 8 N–H and O–H groups in total. The molecular formula is C30H31Cl2N11O10S2. The molecule has 3 aliphatic rings. The van der Waals surface area contributed by atoms with Crippen molar-refractivity contribution in [3.8, 4) is 11.5 Å². The summed E-state index contributed by atoms with van der Waals surface area (Å²) in [6.07, 6.45) is -1.10. The number of halogens is 2. The van der Waals surface area contributed by atoms with E-state index in [0.717, 1.165) is 42.8 Å². The molecule has 0 bridgehead atoms. The van der Waals surface area contributed by atoms with E-state index in [1.54, 1.807) is 0 Å². The van der Waals surface area contributed by atoms with Crippen LogP contribution in [-0.2, 0) is 24.0 Å². The molecular weight excluding hydrogens is 809 g/mol. The summed E-state index contributed by atoms with van der Waals surface area (Å²) < 4.78 is 0.457. The van der Waals surface area contributed by atoms with Gasteiger partial charge in [-0.15, -0.1) is 11.8 Å². The Kier molecular flexibility index (Phi) is 11.7. The van der Waals surface area contributed by atoms with E-state index in [0.29, 0.717) is 29.0 Å². The minimum absolute atomic E-state index is 0.00308. The number of likely N-dealkylation sites (tertiary alicyclic amines) is 1. The largest absolute Gasteiger partial charge is 0.504 e. The zero-order valence-electron chi connectivity index (χ0n) is 28.2. The summed E-state index contributed by atoms with van der Waals surface area (Å²) in [6.45, 7) is 2.76. The van der Waals surface area contributed by atoms with Crippen molar-refractivity contribution in [2.75, 3.05) is 44.2 Å². The molecule has 0 unspecified atom stereocenters. The maximum Gasteiger partial charge on any atom is 0.348 e. The van der Waals surface area contributed by atoms with Gasteiger partial charge in [-0.3, -0.25) is 34.4 Å². The molecule has 3 aromatic rings. The number of rotatable bonds is 15. The quantitative estimate of drug-likeness (QED) is 0.0351.